The van der Waals surface area contributed by atoms with Gasteiger partial charge in [-0.1, -0.05) is 20.8 Å². The largest absolute Gasteiger partial charge is 0.433 e. The molecule has 1 amide bonds. The van der Waals surface area contributed by atoms with Gasteiger partial charge in [-0.05, 0) is 6.07 Å². The molecule has 1 N–H and O–H groups in total. The molecule has 0 radical (unpaired) electrons. The van der Waals surface area contributed by atoms with Crippen LogP contribution in [0.5, 0.6) is 0 Å². The fourth-order valence-corrected chi connectivity index (χ4v) is 2.51. The first-order valence-corrected chi connectivity index (χ1v) is 8.14. The van der Waals surface area contributed by atoms with Crippen LogP contribution in [0.3, 0.4) is 0 Å². The number of alkyl halides is 3. The number of aryl methyl sites for hydroxylation is 1. The molecule has 11 heteroatoms. The van der Waals surface area contributed by atoms with E-state index in [9.17, 15) is 18.0 Å². The number of hydrogen-bond acceptors (Lipinski definition) is 5. The summed E-state index contributed by atoms with van der Waals surface area (Å²) < 4.78 is 42.4. The number of carbonyl (C=O) groups excluding carboxylic acids is 1. The minimum absolute atomic E-state index is 0.101. The predicted molar refractivity (Wildman–Crippen MR) is 92.6 cm³/mol. The van der Waals surface area contributed by atoms with E-state index in [0.29, 0.717) is 4.52 Å². The molecule has 3 aromatic rings. The minimum Gasteiger partial charge on any atom is -0.304 e. The van der Waals surface area contributed by atoms with Crippen LogP contribution in [0.1, 0.15) is 48.2 Å². The molecule has 0 aliphatic rings. The van der Waals surface area contributed by atoms with Gasteiger partial charge in [0.15, 0.2) is 11.3 Å². The quantitative estimate of drug-likeness (QED) is 0.724. The van der Waals surface area contributed by atoms with Gasteiger partial charge in [0, 0.05) is 18.5 Å². The highest BCUT2D eigenvalue weighted by molar-refractivity contribution is 6.03. The Balaban J connectivity index is 2.10. The molecule has 3 rings (SSSR count). The van der Waals surface area contributed by atoms with Crippen molar-refractivity contribution in [2.75, 3.05) is 5.32 Å². The molecule has 0 fully saturated rings. The number of carbonyl (C=O) groups is 1. The van der Waals surface area contributed by atoms with Crippen LogP contribution in [0, 0.1) is 11.3 Å². The van der Waals surface area contributed by atoms with Crippen molar-refractivity contribution in [2.24, 2.45) is 7.05 Å². The van der Waals surface area contributed by atoms with Crippen LogP contribution in [0.4, 0.5) is 19.0 Å². The Morgan fingerprint density at radius 1 is 1.25 bits per heavy atom. The molecule has 0 aliphatic carbocycles. The highest BCUT2D eigenvalue weighted by Crippen LogP contribution is 2.32. The normalized spacial score (nSPS) is 12.2. The zero-order valence-corrected chi connectivity index (χ0v) is 15.5. The van der Waals surface area contributed by atoms with E-state index >= 15 is 0 Å². The fourth-order valence-electron chi connectivity index (χ4n) is 2.51. The van der Waals surface area contributed by atoms with Crippen LogP contribution in [-0.2, 0) is 18.6 Å². The highest BCUT2D eigenvalue weighted by Gasteiger charge is 2.36. The van der Waals surface area contributed by atoms with Crippen LogP contribution >= 0.6 is 0 Å². The monoisotopic (exact) mass is 391 g/mol. The summed E-state index contributed by atoms with van der Waals surface area (Å²) in [5, 5.41) is 19.1. The van der Waals surface area contributed by atoms with E-state index in [2.05, 4.69) is 20.5 Å². The number of fused-ring (bicyclic) bond motifs is 1. The first-order chi connectivity index (χ1) is 12.9. The van der Waals surface area contributed by atoms with Crippen molar-refractivity contribution in [3.8, 4) is 6.07 Å². The summed E-state index contributed by atoms with van der Waals surface area (Å²) in [7, 11) is 1.51. The van der Waals surface area contributed by atoms with Gasteiger partial charge < -0.3 is 5.32 Å². The molecule has 0 saturated heterocycles. The lowest BCUT2D eigenvalue weighted by molar-refractivity contribution is -0.142. The van der Waals surface area contributed by atoms with E-state index in [1.807, 2.05) is 6.07 Å². The number of hydrogen-bond donors (Lipinski definition) is 1. The summed E-state index contributed by atoms with van der Waals surface area (Å²) in [5.74, 6) is -0.667. The molecule has 0 saturated carbocycles. The molecule has 146 valence electrons. The summed E-state index contributed by atoms with van der Waals surface area (Å²) in [4.78, 5) is 16.7. The number of anilines is 1. The van der Waals surface area contributed by atoms with Gasteiger partial charge in [-0.3, -0.25) is 9.48 Å². The van der Waals surface area contributed by atoms with E-state index in [-0.39, 0.29) is 28.4 Å². The molecule has 8 nitrogen and oxygen atoms in total. The second-order valence-electron chi connectivity index (χ2n) is 7.17. The number of nitrogens with one attached hydrogen (secondary N) is 1. The first kappa shape index (κ1) is 19.3. The van der Waals surface area contributed by atoms with Crippen LogP contribution in [-0.4, -0.2) is 30.3 Å². The number of amides is 1. The summed E-state index contributed by atoms with van der Waals surface area (Å²) in [6.45, 7) is 5.21. The Morgan fingerprint density at radius 3 is 2.50 bits per heavy atom. The van der Waals surface area contributed by atoms with Crippen molar-refractivity contribution in [1.82, 2.24) is 24.4 Å². The zero-order valence-electron chi connectivity index (χ0n) is 15.5. The van der Waals surface area contributed by atoms with Gasteiger partial charge in [-0.2, -0.15) is 28.6 Å². The van der Waals surface area contributed by atoms with Crippen LogP contribution < -0.4 is 5.32 Å². The maximum Gasteiger partial charge on any atom is 0.433 e. The second-order valence-corrected chi connectivity index (χ2v) is 7.17. The third kappa shape index (κ3) is 3.40. The van der Waals surface area contributed by atoms with Crippen LogP contribution in [0.15, 0.2) is 18.3 Å². The van der Waals surface area contributed by atoms with Crippen LogP contribution in [0.2, 0.25) is 0 Å². The molecule has 28 heavy (non-hydrogen) atoms. The Hall–Kier alpha value is -3.42. The Bertz CT molecular complexity index is 1110. The van der Waals surface area contributed by atoms with E-state index < -0.39 is 23.2 Å². The molecule has 3 aromatic heterocycles. The van der Waals surface area contributed by atoms with E-state index in [1.54, 1.807) is 20.8 Å². The molecular weight excluding hydrogens is 375 g/mol. The van der Waals surface area contributed by atoms with Crippen molar-refractivity contribution in [3.05, 3.63) is 41.0 Å². The summed E-state index contributed by atoms with van der Waals surface area (Å²) in [6, 6.07) is 3.96. The van der Waals surface area contributed by atoms with Crippen molar-refractivity contribution in [1.29, 1.82) is 5.26 Å². The van der Waals surface area contributed by atoms with Gasteiger partial charge in [-0.15, -0.1) is 0 Å². The van der Waals surface area contributed by atoms with E-state index in [1.165, 1.54) is 24.0 Å². The maximum absolute atomic E-state index is 13.5. The van der Waals surface area contributed by atoms with Gasteiger partial charge in [0.1, 0.15) is 23.1 Å². The molecule has 3 heterocycles. The van der Waals surface area contributed by atoms with Crippen molar-refractivity contribution >= 4 is 17.4 Å². The average molecular weight is 391 g/mol. The maximum atomic E-state index is 13.5. The molecular formula is C17H16F3N7O. The Labute approximate surface area is 157 Å². The van der Waals surface area contributed by atoms with Gasteiger partial charge in [0.25, 0.3) is 5.91 Å². The summed E-state index contributed by atoms with van der Waals surface area (Å²) in [6.07, 6.45) is -3.42. The lowest BCUT2D eigenvalue weighted by Crippen LogP contribution is -2.20. The third-order valence-electron chi connectivity index (χ3n) is 4.01. The number of halogens is 3. The van der Waals surface area contributed by atoms with Gasteiger partial charge >= 0.3 is 6.18 Å². The lowest BCUT2D eigenvalue weighted by Gasteiger charge is -2.19. The number of rotatable bonds is 2. The summed E-state index contributed by atoms with van der Waals surface area (Å²) in [5.41, 5.74) is -1.70. The minimum atomic E-state index is -4.68. The van der Waals surface area contributed by atoms with E-state index in [0.717, 1.165) is 6.07 Å². The van der Waals surface area contributed by atoms with Crippen LogP contribution in [0.25, 0.3) is 5.65 Å². The topological polar surface area (TPSA) is 101 Å². The Morgan fingerprint density at radius 2 is 1.93 bits per heavy atom. The highest BCUT2D eigenvalue weighted by atomic mass is 19.4. The van der Waals surface area contributed by atoms with Crippen molar-refractivity contribution < 1.29 is 18.0 Å². The summed E-state index contributed by atoms with van der Waals surface area (Å²) >= 11 is 0. The van der Waals surface area contributed by atoms with Gasteiger partial charge in [0.2, 0.25) is 0 Å². The third-order valence-corrected chi connectivity index (χ3v) is 4.01. The van der Waals surface area contributed by atoms with E-state index in [4.69, 9.17) is 5.26 Å². The molecule has 0 unspecified atom stereocenters. The van der Waals surface area contributed by atoms with Gasteiger partial charge in [-0.25, -0.2) is 9.50 Å². The SMILES string of the molecule is Cn1ncc(C#N)c1NC(=O)c1cc2nc(C(C)(C)C)cc(C(F)(F)F)n2n1. The fraction of sp³-hybridized carbons (Fsp3) is 0.353. The standard InChI is InChI=1S/C17H16F3N7O/c1-16(2,3)11-6-12(17(18,19)20)27-13(23-11)5-10(25-27)15(28)24-14-9(7-21)8-22-26(14)4/h5-6,8H,1-4H3,(H,24,28). The average Bonchev–Trinajstić information content (AvgIpc) is 3.16. The Kier molecular flexibility index (Phi) is 4.37. The number of aromatic nitrogens is 5. The second kappa shape index (κ2) is 6.33. The number of nitrogens with zero attached hydrogens (tertiary/aromatic N) is 6. The molecule has 0 spiro atoms. The van der Waals surface area contributed by atoms with Gasteiger partial charge in [0.05, 0.1) is 11.9 Å². The predicted octanol–water partition coefficient (Wildman–Crippen LogP) is 2.90. The molecule has 0 aromatic carbocycles. The van der Waals surface area contributed by atoms with Crippen molar-refractivity contribution in [3.63, 3.8) is 0 Å². The molecule has 0 atom stereocenters. The molecule has 0 bridgehead atoms. The smallest absolute Gasteiger partial charge is 0.304 e. The first-order valence-electron chi connectivity index (χ1n) is 8.14. The van der Waals surface area contributed by atoms with Crippen molar-refractivity contribution in [2.45, 2.75) is 32.4 Å². The molecule has 0 aliphatic heterocycles. The lowest BCUT2D eigenvalue weighted by atomic mass is 9.91. The number of nitriles is 1. The zero-order chi connectivity index (χ0) is 20.9.